The molecular weight excluding hydrogens is 276 g/mol. The van der Waals surface area contributed by atoms with Gasteiger partial charge in [-0.25, -0.2) is 0 Å². The van der Waals surface area contributed by atoms with Gasteiger partial charge >= 0.3 is 0 Å². The number of nitrogens with zero attached hydrogens (tertiary/aromatic N) is 2. The summed E-state index contributed by atoms with van der Waals surface area (Å²) in [5, 5.41) is 26.0. The van der Waals surface area contributed by atoms with Crippen molar-refractivity contribution >= 4 is 0 Å². The Morgan fingerprint density at radius 2 is 0.591 bits per heavy atom. The Balaban J connectivity index is 6.25. The third-order valence-electron chi connectivity index (χ3n) is 3.92. The van der Waals surface area contributed by atoms with Crippen molar-refractivity contribution in [3.8, 4) is 0 Å². The summed E-state index contributed by atoms with van der Waals surface area (Å²) in [7, 11) is 0. The second kappa shape index (κ2) is 6.01. The fourth-order valence-electron chi connectivity index (χ4n) is 4.15. The van der Waals surface area contributed by atoms with Crippen LogP contribution in [0.5, 0.6) is 0 Å². The van der Waals surface area contributed by atoms with E-state index < -0.39 is 12.1 Å². The van der Waals surface area contributed by atoms with E-state index in [1.54, 1.807) is 0 Å². The molecule has 0 radical (unpaired) electrons. The molecule has 132 valence electrons. The summed E-state index contributed by atoms with van der Waals surface area (Å²) in [6.07, 6.45) is 0. The zero-order chi connectivity index (χ0) is 18.3. The van der Waals surface area contributed by atoms with Gasteiger partial charge in [0.15, 0.2) is 0 Å². The van der Waals surface area contributed by atoms with Crippen molar-refractivity contribution in [1.29, 1.82) is 0 Å². The predicted octanol–water partition coefficient (Wildman–Crippen LogP) is 5.38. The largest absolute Gasteiger partial charge is 0.567 e. The first-order valence-electron chi connectivity index (χ1n) is 8.24. The molecule has 0 saturated carbocycles. The molecule has 22 heavy (non-hydrogen) atoms. The molecule has 4 heteroatoms. The minimum absolute atomic E-state index is 0.289. The van der Waals surface area contributed by atoms with Crippen LogP contribution in [0.15, 0.2) is 0 Å². The molecule has 0 fully saturated rings. The van der Waals surface area contributed by atoms with Crippen molar-refractivity contribution in [3.05, 3.63) is 10.4 Å². The van der Waals surface area contributed by atoms with Crippen molar-refractivity contribution in [1.82, 2.24) is 0 Å². The molecule has 0 aromatic heterocycles. The van der Waals surface area contributed by atoms with Gasteiger partial charge in [-0.1, -0.05) is 83.1 Å². The van der Waals surface area contributed by atoms with Gasteiger partial charge in [0.25, 0.3) is 0 Å². The van der Waals surface area contributed by atoms with Crippen LogP contribution in [0.2, 0.25) is 0 Å². The molecule has 0 aliphatic rings. The summed E-state index contributed by atoms with van der Waals surface area (Å²) >= 11 is 0. The first kappa shape index (κ1) is 21.2. The van der Waals surface area contributed by atoms with E-state index in [2.05, 4.69) is 0 Å². The highest BCUT2D eigenvalue weighted by molar-refractivity contribution is 4.85. The average molecular weight is 315 g/mol. The fourth-order valence-corrected chi connectivity index (χ4v) is 4.15. The van der Waals surface area contributed by atoms with Gasteiger partial charge in [-0.2, -0.15) is 0 Å². The van der Waals surface area contributed by atoms with Gasteiger partial charge in [-0.15, -0.1) is 0 Å². The lowest BCUT2D eigenvalue weighted by Gasteiger charge is -2.38. The Morgan fingerprint density at radius 1 is 0.455 bits per heavy atom. The van der Waals surface area contributed by atoms with E-state index >= 15 is 0 Å². The van der Waals surface area contributed by atoms with Gasteiger partial charge in [0, 0.05) is 31.4 Å². The van der Waals surface area contributed by atoms with Gasteiger partial charge in [0.2, 0.25) is 12.1 Å². The normalized spacial score (nSPS) is 16.3. The third-order valence-corrected chi connectivity index (χ3v) is 3.92. The second-order valence-corrected chi connectivity index (χ2v) is 10.9. The predicted molar refractivity (Wildman–Crippen MR) is 92.7 cm³/mol. The summed E-state index contributed by atoms with van der Waals surface area (Å²) in [6, 6.07) is -0.797. The van der Waals surface area contributed by atoms with Gasteiger partial charge < -0.3 is 10.4 Å². The molecule has 0 atom stereocenters. The Hall–Kier alpha value is -0.800. The Kier molecular flexibility index (Phi) is 5.79. The topological polar surface area (TPSA) is 52.1 Å². The van der Waals surface area contributed by atoms with Crippen molar-refractivity contribution in [2.24, 2.45) is 21.7 Å². The molecule has 0 aliphatic carbocycles. The molecule has 0 spiro atoms. The van der Waals surface area contributed by atoms with Crippen LogP contribution >= 0.6 is 0 Å². The van der Waals surface area contributed by atoms with Crippen LogP contribution in [0.1, 0.15) is 83.1 Å². The zero-order valence-electron chi connectivity index (χ0n) is 16.9. The van der Waals surface area contributed by atoms with E-state index in [1.165, 1.54) is 0 Å². The average Bonchev–Trinajstić information content (AvgIpc) is 2.06. The highest BCUT2D eigenvalue weighted by Crippen LogP contribution is 2.39. The summed E-state index contributed by atoms with van der Waals surface area (Å²) < 4.78 is 0. The first-order chi connectivity index (χ1) is 9.31. The van der Waals surface area contributed by atoms with Crippen molar-refractivity contribution in [2.75, 3.05) is 0 Å². The molecule has 0 aliphatic heterocycles. The first-order valence-corrected chi connectivity index (χ1v) is 8.24. The maximum Gasteiger partial charge on any atom is 0.238 e. The molecule has 4 nitrogen and oxygen atoms in total. The number of rotatable bonds is 2. The number of azo groups is 1. The van der Waals surface area contributed by atoms with E-state index in [0.717, 1.165) is 0 Å². The summed E-state index contributed by atoms with van der Waals surface area (Å²) in [5.41, 5.74) is -1.15. The number of hydroxylamine groups is 2. The van der Waals surface area contributed by atoms with Gasteiger partial charge in [-0.3, -0.25) is 0 Å². The van der Waals surface area contributed by atoms with Crippen LogP contribution in [-0.2, 0) is 0 Å². The molecule has 0 bridgehead atoms. The molecule has 0 amide bonds. The highest BCUT2D eigenvalue weighted by atomic mass is 16.6. The van der Waals surface area contributed by atoms with E-state index in [9.17, 15) is 10.4 Å². The molecular formula is C18H38N2O2. The third kappa shape index (κ3) is 5.13. The quantitative estimate of drug-likeness (QED) is 0.390. The molecule has 0 aromatic rings. The van der Waals surface area contributed by atoms with Gasteiger partial charge in [0.05, 0.1) is 0 Å². The Labute approximate surface area is 137 Å². The van der Waals surface area contributed by atoms with Crippen LogP contribution < -0.4 is 0 Å². The smallest absolute Gasteiger partial charge is 0.238 e. The van der Waals surface area contributed by atoms with Crippen LogP contribution in [0.25, 0.3) is 0 Å². The minimum Gasteiger partial charge on any atom is -0.567 e. The molecule has 0 saturated heterocycles. The highest BCUT2D eigenvalue weighted by Gasteiger charge is 2.51. The fraction of sp³-hybridized carbons (Fsp3) is 1.00. The molecule has 0 heterocycles. The summed E-state index contributed by atoms with van der Waals surface area (Å²) in [5.74, 6) is 0. The van der Waals surface area contributed by atoms with E-state index in [0.29, 0.717) is 9.72 Å². The number of hydrogen-bond acceptors (Lipinski definition) is 2. The second-order valence-electron chi connectivity index (χ2n) is 10.9. The SMILES string of the molecule is CC(C)(C)C(/[N+]([O-])=[N+](\[O-])C(C(C)(C)C)C(C)(C)C)C(C)(C)C. The minimum atomic E-state index is -0.398. The van der Waals surface area contributed by atoms with Crippen LogP contribution in [-0.4, -0.2) is 21.8 Å². The Morgan fingerprint density at radius 3 is 0.682 bits per heavy atom. The van der Waals surface area contributed by atoms with E-state index in [4.69, 9.17) is 0 Å². The molecule has 0 unspecified atom stereocenters. The van der Waals surface area contributed by atoms with E-state index in [-0.39, 0.29) is 21.7 Å². The zero-order valence-corrected chi connectivity index (χ0v) is 16.9. The monoisotopic (exact) mass is 314 g/mol. The maximum atomic E-state index is 13.0. The molecule has 0 N–H and O–H groups in total. The van der Waals surface area contributed by atoms with Crippen LogP contribution in [0.3, 0.4) is 0 Å². The van der Waals surface area contributed by atoms with Gasteiger partial charge in [-0.05, 0) is 0 Å². The van der Waals surface area contributed by atoms with Crippen molar-refractivity contribution < 1.29 is 9.72 Å². The molecule has 0 aromatic carbocycles. The maximum absolute atomic E-state index is 13.0. The summed E-state index contributed by atoms with van der Waals surface area (Å²) in [4.78, 5) is 1.39. The lowest BCUT2D eigenvalue weighted by molar-refractivity contribution is -1.01. The van der Waals surface area contributed by atoms with Crippen molar-refractivity contribution in [2.45, 2.75) is 95.2 Å². The van der Waals surface area contributed by atoms with Crippen LogP contribution in [0.4, 0.5) is 0 Å². The lowest BCUT2D eigenvalue weighted by atomic mass is 9.71. The van der Waals surface area contributed by atoms with Crippen LogP contribution in [0, 0.1) is 32.1 Å². The number of hydrogen-bond donors (Lipinski definition) is 0. The Bertz CT molecular complexity index is 344. The molecule has 0 rings (SSSR count). The van der Waals surface area contributed by atoms with E-state index in [1.807, 2.05) is 83.1 Å². The van der Waals surface area contributed by atoms with Crippen molar-refractivity contribution in [3.63, 3.8) is 0 Å². The summed E-state index contributed by atoms with van der Waals surface area (Å²) in [6.45, 7) is 24.2. The lowest BCUT2D eigenvalue weighted by Crippen LogP contribution is -2.53. The standard InChI is InChI=1S/C18H38N2O2/c1-15(2,3)13(16(4,5)6)19(21)20(22)14(17(7,8)9)18(10,11)12/h13-14H,1-12H3/b20-19+. The van der Waals surface area contributed by atoms with Gasteiger partial charge in [0.1, 0.15) is 0 Å².